The molecule has 1 aromatic heterocycles. The van der Waals surface area contributed by atoms with Gasteiger partial charge in [-0.2, -0.15) is 0 Å². The Morgan fingerprint density at radius 3 is 2.45 bits per heavy atom. The van der Waals surface area contributed by atoms with Crippen molar-refractivity contribution in [3.8, 4) is 0 Å². The maximum Gasteiger partial charge on any atom is 0.313 e. The maximum atomic E-state index is 12.8. The minimum Gasteiger partial charge on any atom is -0.481 e. The zero-order valence-electron chi connectivity index (χ0n) is 21.2. The molecule has 0 aliphatic carbocycles. The predicted octanol–water partition coefficient (Wildman–Crippen LogP) is 6.55. The lowest BCUT2D eigenvalue weighted by Crippen LogP contribution is -2.41. The van der Waals surface area contributed by atoms with E-state index in [-0.39, 0.29) is 17.5 Å². The Kier molecular flexibility index (Phi) is 12.6. The molecule has 0 saturated carbocycles. The molecule has 0 fully saturated rings. The Labute approximate surface area is 207 Å². The van der Waals surface area contributed by atoms with Crippen LogP contribution in [-0.2, 0) is 9.59 Å². The summed E-state index contributed by atoms with van der Waals surface area (Å²) in [5.41, 5.74) is 3.72. The zero-order chi connectivity index (χ0) is 25.2. The van der Waals surface area contributed by atoms with E-state index in [1.54, 1.807) is 32.1 Å². The number of aryl methyl sites for hydroxylation is 1. The summed E-state index contributed by atoms with van der Waals surface area (Å²) in [5, 5.41) is 22.8. The van der Waals surface area contributed by atoms with Crippen LogP contribution in [0.1, 0.15) is 84.3 Å². The van der Waals surface area contributed by atoms with Gasteiger partial charge < -0.3 is 10.2 Å². The minimum atomic E-state index is -0.938. The molecule has 2 N–H and O–H groups in total. The highest BCUT2D eigenvalue weighted by atomic mass is 32.2. The Morgan fingerprint density at radius 1 is 1.21 bits per heavy atom. The first-order chi connectivity index (χ1) is 15.3. The van der Waals surface area contributed by atoms with E-state index in [1.807, 2.05) is 13.8 Å². The predicted molar refractivity (Wildman–Crippen MR) is 141 cm³/mol. The number of ketones is 1. The van der Waals surface area contributed by atoms with Crippen LogP contribution in [0.25, 0.3) is 6.08 Å². The fraction of sp³-hybridized carbons (Fsp3) is 0.654. The monoisotopic (exact) mass is 495 g/mol. The summed E-state index contributed by atoms with van der Waals surface area (Å²) in [7, 11) is 0. The molecule has 5 nitrogen and oxygen atoms in total. The van der Waals surface area contributed by atoms with Crippen LogP contribution in [0.4, 0.5) is 0 Å². The molecular formula is C26H41NO4S2. The third kappa shape index (κ3) is 11.0. The van der Waals surface area contributed by atoms with Gasteiger partial charge in [0, 0.05) is 11.3 Å². The van der Waals surface area contributed by atoms with Crippen molar-refractivity contribution in [1.82, 2.24) is 4.98 Å². The van der Waals surface area contributed by atoms with Crippen LogP contribution in [0.15, 0.2) is 22.6 Å². The number of aromatic nitrogens is 1. The van der Waals surface area contributed by atoms with E-state index < -0.39 is 22.7 Å². The molecule has 1 heterocycles. The highest BCUT2D eigenvalue weighted by Gasteiger charge is 2.37. The number of aliphatic hydroxyl groups excluding tert-OH is 1. The molecule has 0 bridgehead atoms. The van der Waals surface area contributed by atoms with Crippen LogP contribution < -0.4 is 0 Å². The summed E-state index contributed by atoms with van der Waals surface area (Å²) < 4.78 is -0.831. The number of hydrogen-bond acceptors (Lipinski definition) is 6. The standard InChI is InChI=1S/C26H41NO4S2/c1-17(10-8-12-18(2)14-22-15-32-21(5)27-22)11-9-13-19(3)24(30)20(4)25(31)26(6,7)33-16-23(28)29/h10,14-15,19-20,24,30H,8-9,11-13,16H2,1-7H3,(H,28,29)/b17-10-,18-14+/t19-,20+,24-/m0/s1. The van der Waals surface area contributed by atoms with Gasteiger partial charge in [0.05, 0.1) is 27.3 Å². The summed E-state index contributed by atoms with van der Waals surface area (Å²) in [6.45, 7) is 13.5. The second-order valence-electron chi connectivity index (χ2n) is 9.58. The van der Waals surface area contributed by atoms with E-state index in [0.717, 1.165) is 54.6 Å². The molecule has 0 aliphatic rings. The number of carbonyl (C=O) groups excluding carboxylic acids is 1. The average molecular weight is 496 g/mol. The SMILES string of the molecule is C/C(=C/CC/C(C)=C/c1csc(C)n1)CCC[C@H](C)[C@H](O)[C@@H](C)C(=O)C(C)(C)SCC(=O)O. The van der Waals surface area contributed by atoms with Crippen molar-refractivity contribution in [2.45, 2.75) is 91.4 Å². The lowest BCUT2D eigenvalue weighted by Gasteiger charge is -2.30. The van der Waals surface area contributed by atoms with Gasteiger partial charge in [0.2, 0.25) is 0 Å². The third-order valence-electron chi connectivity index (χ3n) is 5.95. The second-order valence-corrected chi connectivity index (χ2v) is 12.2. The van der Waals surface area contributed by atoms with Gasteiger partial charge in [-0.25, -0.2) is 4.98 Å². The average Bonchev–Trinajstić information content (AvgIpc) is 3.14. The van der Waals surface area contributed by atoms with Gasteiger partial charge in [-0.1, -0.05) is 31.1 Å². The summed E-state index contributed by atoms with van der Waals surface area (Å²) in [6.07, 6.45) is 8.52. The molecule has 1 aromatic rings. The van der Waals surface area contributed by atoms with Gasteiger partial charge >= 0.3 is 5.97 Å². The normalized spacial score (nSPS) is 15.9. The van der Waals surface area contributed by atoms with Gasteiger partial charge in [0.1, 0.15) is 0 Å². The number of allylic oxidation sites excluding steroid dienone is 3. The molecule has 0 amide bonds. The smallest absolute Gasteiger partial charge is 0.313 e. The van der Waals surface area contributed by atoms with Gasteiger partial charge in [-0.3, -0.25) is 9.59 Å². The molecule has 0 unspecified atom stereocenters. The Morgan fingerprint density at radius 2 is 1.88 bits per heavy atom. The number of nitrogens with zero attached hydrogens (tertiary/aromatic N) is 1. The van der Waals surface area contributed by atoms with Crippen LogP contribution in [0.2, 0.25) is 0 Å². The first-order valence-corrected chi connectivity index (χ1v) is 13.5. The molecule has 0 aliphatic heterocycles. The van der Waals surface area contributed by atoms with Gasteiger partial charge in [-0.05, 0) is 78.7 Å². The Bertz CT molecular complexity index is 841. The highest BCUT2D eigenvalue weighted by molar-refractivity contribution is 8.02. The summed E-state index contributed by atoms with van der Waals surface area (Å²) >= 11 is 2.78. The molecular weight excluding hydrogens is 454 g/mol. The summed E-state index contributed by atoms with van der Waals surface area (Å²) in [4.78, 5) is 28.1. The van der Waals surface area contributed by atoms with Crippen molar-refractivity contribution >= 4 is 40.9 Å². The van der Waals surface area contributed by atoms with Gasteiger partial charge in [0.15, 0.2) is 5.78 Å². The Balaban J connectivity index is 2.42. The number of thioether (sulfide) groups is 1. The van der Waals surface area contributed by atoms with Crippen LogP contribution >= 0.6 is 23.1 Å². The first-order valence-electron chi connectivity index (χ1n) is 11.7. The van der Waals surface area contributed by atoms with Crippen LogP contribution in [-0.4, -0.2) is 43.6 Å². The van der Waals surface area contributed by atoms with Crippen LogP contribution in [0, 0.1) is 18.8 Å². The molecule has 186 valence electrons. The number of Topliss-reactive ketones (excluding diaryl/α,β-unsaturated/α-hetero) is 1. The largest absolute Gasteiger partial charge is 0.481 e. The molecule has 0 saturated heterocycles. The van der Waals surface area contributed by atoms with E-state index >= 15 is 0 Å². The van der Waals surface area contributed by atoms with Crippen LogP contribution in [0.5, 0.6) is 0 Å². The molecule has 7 heteroatoms. The number of aliphatic hydroxyl groups is 1. The van der Waals surface area contributed by atoms with Crippen molar-refractivity contribution in [3.05, 3.63) is 33.3 Å². The van der Waals surface area contributed by atoms with Crippen molar-refractivity contribution < 1.29 is 19.8 Å². The van der Waals surface area contributed by atoms with E-state index in [2.05, 4.69) is 36.4 Å². The van der Waals surface area contributed by atoms with Gasteiger partial charge in [0.25, 0.3) is 0 Å². The number of carboxylic acid groups (broad SMARTS) is 1. The van der Waals surface area contributed by atoms with Crippen molar-refractivity contribution in [3.63, 3.8) is 0 Å². The first kappa shape index (κ1) is 29.6. The Hall–Kier alpha value is -1.44. The minimum absolute atomic E-state index is 0.00349. The lowest BCUT2D eigenvalue weighted by molar-refractivity contribution is -0.133. The fourth-order valence-corrected chi connectivity index (χ4v) is 5.19. The van der Waals surface area contributed by atoms with Crippen molar-refractivity contribution in [2.24, 2.45) is 11.8 Å². The maximum absolute atomic E-state index is 12.8. The second kappa shape index (κ2) is 14.1. The number of rotatable bonds is 15. The molecule has 33 heavy (non-hydrogen) atoms. The summed E-state index contributed by atoms with van der Waals surface area (Å²) in [5.74, 6) is -1.68. The van der Waals surface area contributed by atoms with E-state index in [0.29, 0.717) is 0 Å². The number of hydrogen-bond donors (Lipinski definition) is 2. The number of carbonyl (C=O) groups is 2. The number of carboxylic acids is 1. The molecule has 3 atom stereocenters. The molecule has 1 rings (SSSR count). The molecule has 0 spiro atoms. The molecule has 0 radical (unpaired) electrons. The van der Waals surface area contributed by atoms with Gasteiger partial charge in [-0.15, -0.1) is 23.1 Å². The lowest BCUT2D eigenvalue weighted by atomic mass is 9.83. The van der Waals surface area contributed by atoms with Crippen molar-refractivity contribution in [2.75, 3.05) is 5.75 Å². The molecule has 0 aromatic carbocycles. The topological polar surface area (TPSA) is 87.5 Å². The van der Waals surface area contributed by atoms with E-state index in [9.17, 15) is 14.7 Å². The summed E-state index contributed by atoms with van der Waals surface area (Å²) in [6, 6.07) is 0. The highest BCUT2D eigenvalue weighted by Crippen LogP contribution is 2.31. The number of aliphatic carboxylic acids is 1. The third-order valence-corrected chi connectivity index (χ3v) is 8.06. The zero-order valence-corrected chi connectivity index (χ0v) is 22.8. The quantitative estimate of drug-likeness (QED) is 0.268. The van der Waals surface area contributed by atoms with E-state index in [4.69, 9.17) is 5.11 Å². The van der Waals surface area contributed by atoms with Crippen LogP contribution in [0.3, 0.4) is 0 Å². The van der Waals surface area contributed by atoms with E-state index in [1.165, 1.54) is 11.1 Å². The van der Waals surface area contributed by atoms with Crippen molar-refractivity contribution in [1.29, 1.82) is 0 Å². The number of thiazole rings is 1. The fourth-order valence-electron chi connectivity index (χ4n) is 3.80.